The van der Waals surface area contributed by atoms with E-state index in [1.54, 1.807) is 6.07 Å². The van der Waals surface area contributed by atoms with Crippen LogP contribution in [0.15, 0.2) is 83.1 Å². The zero-order valence-corrected chi connectivity index (χ0v) is 20.1. The molecule has 3 aromatic carbocycles. The number of thiazole rings is 1. The highest BCUT2D eigenvalue weighted by Crippen LogP contribution is 2.30. The van der Waals surface area contributed by atoms with Crippen LogP contribution in [0.5, 0.6) is 0 Å². The number of rotatable bonds is 7. The average Bonchev–Trinajstić information content (AvgIpc) is 3.26. The van der Waals surface area contributed by atoms with E-state index in [1.807, 2.05) is 79.0 Å². The van der Waals surface area contributed by atoms with Crippen LogP contribution in [0.1, 0.15) is 15.9 Å². The lowest BCUT2D eigenvalue weighted by atomic mass is 10.1. The first-order valence-electron chi connectivity index (χ1n) is 10.1. The van der Waals surface area contributed by atoms with E-state index in [0.29, 0.717) is 21.4 Å². The Balaban J connectivity index is 1.33. The Labute approximate surface area is 205 Å². The van der Waals surface area contributed by atoms with Crippen molar-refractivity contribution >= 4 is 57.3 Å². The van der Waals surface area contributed by atoms with Gasteiger partial charge in [0.2, 0.25) is 5.91 Å². The van der Waals surface area contributed by atoms with Crippen LogP contribution in [0.3, 0.4) is 0 Å². The molecular weight excluding hydrogens is 474 g/mol. The van der Waals surface area contributed by atoms with Gasteiger partial charge >= 0.3 is 0 Å². The van der Waals surface area contributed by atoms with Crippen LogP contribution >= 0.6 is 34.7 Å². The second kappa shape index (κ2) is 10.7. The minimum Gasteiger partial charge on any atom is -0.322 e. The van der Waals surface area contributed by atoms with Gasteiger partial charge in [0.25, 0.3) is 5.91 Å². The molecule has 0 unspecified atom stereocenters. The molecule has 0 saturated carbocycles. The number of amides is 2. The standard InChI is InChI=1S/C25H20ClN3O2S2/c1-16-7-2-3-10-19(16)24(31)27-17-8-6-9-18(13-17)32-15-23(30)29-25-28-22(14-33-25)20-11-4-5-12-21(20)26/h2-14H,15H2,1H3,(H,27,31)(H,28,29,30). The fraction of sp³-hybridized carbons (Fsp3) is 0.0800. The molecular formula is C25H20ClN3O2S2. The maximum atomic E-state index is 12.5. The summed E-state index contributed by atoms with van der Waals surface area (Å²) in [5.74, 6) is -0.101. The zero-order valence-electron chi connectivity index (χ0n) is 17.7. The molecule has 0 bridgehead atoms. The van der Waals surface area contributed by atoms with Crippen LogP contribution in [0.4, 0.5) is 10.8 Å². The number of thioether (sulfide) groups is 1. The Hall–Kier alpha value is -3.13. The highest BCUT2D eigenvalue weighted by atomic mass is 35.5. The van der Waals surface area contributed by atoms with E-state index in [9.17, 15) is 9.59 Å². The van der Waals surface area contributed by atoms with Gasteiger partial charge in [0.05, 0.1) is 11.4 Å². The number of nitrogens with zero attached hydrogens (tertiary/aromatic N) is 1. The fourth-order valence-corrected chi connectivity index (χ4v) is 4.83. The largest absolute Gasteiger partial charge is 0.322 e. The second-order valence-corrected chi connectivity index (χ2v) is 9.47. The van der Waals surface area contributed by atoms with Crippen molar-refractivity contribution in [2.24, 2.45) is 0 Å². The van der Waals surface area contributed by atoms with Gasteiger partial charge in [-0.1, -0.05) is 54.1 Å². The summed E-state index contributed by atoms with van der Waals surface area (Å²) in [7, 11) is 0. The molecule has 0 radical (unpaired) electrons. The number of aromatic nitrogens is 1. The number of carbonyl (C=O) groups is 2. The molecule has 0 spiro atoms. The summed E-state index contributed by atoms with van der Waals surface area (Å²) in [5, 5.41) is 8.75. The van der Waals surface area contributed by atoms with Crippen molar-refractivity contribution in [2.75, 3.05) is 16.4 Å². The van der Waals surface area contributed by atoms with Crippen molar-refractivity contribution in [3.8, 4) is 11.3 Å². The number of hydrogen-bond acceptors (Lipinski definition) is 5. The van der Waals surface area contributed by atoms with Gasteiger partial charge in [-0.3, -0.25) is 9.59 Å². The van der Waals surface area contributed by atoms with E-state index in [4.69, 9.17) is 11.6 Å². The summed E-state index contributed by atoms with van der Waals surface area (Å²) in [6.45, 7) is 1.90. The number of halogens is 1. The Kier molecular flexibility index (Phi) is 7.44. The van der Waals surface area contributed by atoms with E-state index in [1.165, 1.54) is 23.1 Å². The minimum atomic E-state index is -0.161. The van der Waals surface area contributed by atoms with Gasteiger partial charge < -0.3 is 10.6 Å². The molecule has 0 aliphatic carbocycles. The summed E-state index contributed by atoms with van der Waals surface area (Å²) in [4.78, 5) is 30.3. The van der Waals surface area contributed by atoms with Gasteiger partial charge in [-0.25, -0.2) is 4.98 Å². The first-order valence-corrected chi connectivity index (χ1v) is 12.3. The highest BCUT2D eigenvalue weighted by molar-refractivity contribution is 8.00. The number of benzene rings is 3. The third-order valence-electron chi connectivity index (χ3n) is 4.75. The maximum Gasteiger partial charge on any atom is 0.255 e. The Bertz CT molecular complexity index is 1310. The number of hydrogen-bond donors (Lipinski definition) is 2. The van der Waals surface area contributed by atoms with Crippen molar-refractivity contribution in [1.29, 1.82) is 0 Å². The molecule has 8 heteroatoms. The molecule has 0 saturated heterocycles. The smallest absolute Gasteiger partial charge is 0.255 e. The summed E-state index contributed by atoms with van der Waals surface area (Å²) in [5.41, 5.74) is 3.78. The first kappa shape index (κ1) is 23.0. The van der Waals surface area contributed by atoms with Gasteiger partial charge in [0.15, 0.2) is 5.13 Å². The molecule has 1 heterocycles. The van der Waals surface area contributed by atoms with Crippen LogP contribution in [0.2, 0.25) is 5.02 Å². The van der Waals surface area contributed by atoms with Gasteiger partial charge in [-0.05, 0) is 42.8 Å². The van der Waals surface area contributed by atoms with Crippen LogP contribution < -0.4 is 10.6 Å². The molecule has 0 aliphatic heterocycles. The molecule has 166 valence electrons. The van der Waals surface area contributed by atoms with Crippen molar-refractivity contribution in [1.82, 2.24) is 4.98 Å². The first-order chi connectivity index (χ1) is 16.0. The number of carbonyl (C=O) groups excluding carboxylic acids is 2. The van der Waals surface area contributed by atoms with Crippen LogP contribution in [0, 0.1) is 6.92 Å². The van der Waals surface area contributed by atoms with Crippen LogP contribution in [0.25, 0.3) is 11.3 Å². The lowest BCUT2D eigenvalue weighted by Crippen LogP contribution is -2.14. The predicted octanol–water partition coefficient (Wildman–Crippen LogP) is 6.76. The second-order valence-electron chi connectivity index (χ2n) is 7.15. The Morgan fingerprint density at radius 2 is 1.79 bits per heavy atom. The van der Waals surface area contributed by atoms with Crippen molar-refractivity contribution in [2.45, 2.75) is 11.8 Å². The summed E-state index contributed by atoms with van der Waals surface area (Å²) < 4.78 is 0. The zero-order chi connectivity index (χ0) is 23.2. The molecule has 0 aliphatic rings. The predicted molar refractivity (Wildman–Crippen MR) is 137 cm³/mol. The molecule has 2 N–H and O–H groups in total. The van der Waals surface area contributed by atoms with Crippen LogP contribution in [-0.2, 0) is 4.79 Å². The average molecular weight is 494 g/mol. The van der Waals surface area contributed by atoms with E-state index >= 15 is 0 Å². The SMILES string of the molecule is Cc1ccccc1C(=O)Nc1cccc(SCC(=O)Nc2nc(-c3ccccc3Cl)cs2)c1. The summed E-state index contributed by atoms with van der Waals surface area (Å²) in [6.07, 6.45) is 0. The third-order valence-corrected chi connectivity index (χ3v) is 6.83. The maximum absolute atomic E-state index is 12.5. The van der Waals surface area contributed by atoms with Crippen LogP contribution in [-0.4, -0.2) is 22.6 Å². The summed E-state index contributed by atoms with van der Waals surface area (Å²) >= 11 is 8.96. The Morgan fingerprint density at radius 1 is 1.00 bits per heavy atom. The molecule has 2 amide bonds. The third kappa shape index (κ3) is 6.01. The molecule has 0 atom stereocenters. The normalized spacial score (nSPS) is 10.6. The van der Waals surface area contributed by atoms with E-state index in [0.717, 1.165) is 21.7 Å². The highest BCUT2D eigenvalue weighted by Gasteiger charge is 2.12. The van der Waals surface area contributed by atoms with Crippen molar-refractivity contribution in [3.05, 3.63) is 94.3 Å². The van der Waals surface area contributed by atoms with Gasteiger partial charge in [0, 0.05) is 32.1 Å². The molecule has 1 aromatic heterocycles. The Morgan fingerprint density at radius 3 is 2.61 bits per heavy atom. The lowest BCUT2D eigenvalue weighted by Gasteiger charge is -2.09. The number of aryl methyl sites for hydroxylation is 1. The lowest BCUT2D eigenvalue weighted by molar-refractivity contribution is -0.113. The molecule has 0 fully saturated rings. The van der Waals surface area contributed by atoms with E-state index in [2.05, 4.69) is 15.6 Å². The molecule has 33 heavy (non-hydrogen) atoms. The molecule has 4 rings (SSSR count). The molecule has 5 nitrogen and oxygen atoms in total. The number of anilines is 2. The van der Waals surface area contributed by atoms with Gasteiger partial charge in [-0.15, -0.1) is 23.1 Å². The van der Waals surface area contributed by atoms with Crippen molar-refractivity contribution < 1.29 is 9.59 Å². The fourth-order valence-electron chi connectivity index (χ4n) is 3.12. The van der Waals surface area contributed by atoms with E-state index in [-0.39, 0.29) is 17.6 Å². The minimum absolute atomic E-state index is 0.158. The van der Waals surface area contributed by atoms with Crippen molar-refractivity contribution in [3.63, 3.8) is 0 Å². The summed E-state index contributed by atoms with van der Waals surface area (Å²) in [6, 6.07) is 22.3. The number of nitrogens with one attached hydrogen (secondary N) is 2. The van der Waals surface area contributed by atoms with Gasteiger partial charge in [-0.2, -0.15) is 0 Å². The quantitative estimate of drug-likeness (QED) is 0.279. The molecule has 4 aromatic rings. The van der Waals surface area contributed by atoms with E-state index < -0.39 is 0 Å². The topological polar surface area (TPSA) is 71.1 Å². The van der Waals surface area contributed by atoms with Gasteiger partial charge in [0.1, 0.15) is 0 Å². The monoisotopic (exact) mass is 493 g/mol.